The van der Waals surface area contributed by atoms with Gasteiger partial charge in [-0.1, -0.05) is 12.1 Å². The lowest BCUT2D eigenvalue weighted by atomic mass is 9.85. The Morgan fingerprint density at radius 2 is 1.65 bits per heavy atom. The van der Waals surface area contributed by atoms with Crippen LogP contribution < -0.4 is 9.47 Å². The Morgan fingerprint density at radius 3 is 2.09 bits per heavy atom. The van der Waals surface area contributed by atoms with E-state index in [4.69, 9.17) is 19.3 Å². The van der Waals surface area contributed by atoms with Crippen molar-refractivity contribution >= 4 is 5.97 Å². The zero-order chi connectivity index (χ0) is 16.4. The number of carboxylic acid groups (broad SMARTS) is 1. The van der Waals surface area contributed by atoms with E-state index >= 15 is 0 Å². The summed E-state index contributed by atoms with van der Waals surface area (Å²) < 4.78 is 16.3. The highest BCUT2D eigenvalue weighted by atomic mass is 16.5. The maximum atomic E-state index is 10.9. The SMILES string of the molecule is COc1cc(OC)cc([C@H]2CO[C@H]2c2ccc(C(=O)O)cc2)c1. The molecule has 5 heteroatoms. The van der Waals surface area contributed by atoms with Crippen LogP contribution in [0.4, 0.5) is 0 Å². The van der Waals surface area contributed by atoms with E-state index in [1.165, 1.54) is 0 Å². The summed E-state index contributed by atoms with van der Waals surface area (Å²) in [5.41, 5.74) is 2.32. The van der Waals surface area contributed by atoms with Gasteiger partial charge in [-0.2, -0.15) is 0 Å². The number of hydrogen-bond donors (Lipinski definition) is 1. The number of aromatic carboxylic acids is 1. The molecule has 0 spiro atoms. The molecule has 23 heavy (non-hydrogen) atoms. The topological polar surface area (TPSA) is 65.0 Å². The van der Waals surface area contributed by atoms with Crippen LogP contribution in [-0.4, -0.2) is 31.9 Å². The van der Waals surface area contributed by atoms with Gasteiger partial charge in [-0.3, -0.25) is 0 Å². The largest absolute Gasteiger partial charge is 0.497 e. The maximum absolute atomic E-state index is 10.9. The predicted molar refractivity (Wildman–Crippen MR) is 84.4 cm³/mol. The highest BCUT2D eigenvalue weighted by molar-refractivity contribution is 5.87. The number of methoxy groups -OCH3 is 2. The standard InChI is InChI=1S/C18H18O5/c1-21-14-7-13(8-15(9-14)22-2)16-10-23-17(16)11-3-5-12(6-4-11)18(19)20/h3-9,16-17H,10H2,1-2H3,(H,19,20)/t16-,17+/m1/s1. The monoisotopic (exact) mass is 314 g/mol. The number of carboxylic acids is 1. The molecule has 2 atom stereocenters. The summed E-state index contributed by atoms with van der Waals surface area (Å²) in [5, 5.41) is 8.97. The fraction of sp³-hybridized carbons (Fsp3) is 0.278. The molecule has 0 unspecified atom stereocenters. The van der Waals surface area contributed by atoms with E-state index < -0.39 is 5.97 Å². The zero-order valence-corrected chi connectivity index (χ0v) is 13.0. The van der Waals surface area contributed by atoms with Crippen molar-refractivity contribution in [1.82, 2.24) is 0 Å². The van der Waals surface area contributed by atoms with E-state index in [9.17, 15) is 4.79 Å². The minimum atomic E-state index is -0.930. The molecule has 1 fully saturated rings. The molecule has 0 bridgehead atoms. The van der Waals surface area contributed by atoms with E-state index in [1.54, 1.807) is 38.5 Å². The van der Waals surface area contributed by atoms with Gasteiger partial charge >= 0.3 is 5.97 Å². The summed E-state index contributed by atoms with van der Waals surface area (Å²) >= 11 is 0. The fourth-order valence-electron chi connectivity index (χ4n) is 2.75. The lowest BCUT2D eigenvalue weighted by Crippen LogP contribution is -2.30. The number of ether oxygens (including phenoxy) is 3. The number of hydrogen-bond acceptors (Lipinski definition) is 4. The smallest absolute Gasteiger partial charge is 0.335 e. The number of rotatable bonds is 5. The van der Waals surface area contributed by atoms with Gasteiger partial charge in [0.25, 0.3) is 0 Å². The van der Waals surface area contributed by atoms with Gasteiger partial charge in [-0.15, -0.1) is 0 Å². The van der Waals surface area contributed by atoms with Crippen LogP contribution in [0.15, 0.2) is 42.5 Å². The lowest BCUT2D eigenvalue weighted by molar-refractivity contribution is -0.0796. The molecule has 2 aromatic carbocycles. The molecule has 1 saturated heterocycles. The molecular weight excluding hydrogens is 296 g/mol. The average Bonchev–Trinajstić information content (AvgIpc) is 2.54. The van der Waals surface area contributed by atoms with Crippen molar-refractivity contribution < 1.29 is 24.1 Å². The Bertz CT molecular complexity index is 686. The molecule has 1 heterocycles. The van der Waals surface area contributed by atoms with Crippen molar-refractivity contribution in [2.24, 2.45) is 0 Å². The van der Waals surface area contributed by atoms with Crippen LogP contribution in [0.1, 0.15) is 33.5 Å². The van der Waals surface area contributed by atoms with Gasteiger partial charge in [0.2, 0.25) is 0 Å². The van der Waals surface area contributed by atoms with Crippen molar-refractivity contribution in [1.29, 1.82) is 0 Å². The van der Waals surface area contributed by atoms with Gasteiger partial charge in [-0.05, 0) is 35.4 Å². The molecule has 0 aromatic heterocycles. The summed E-state index contributed by atoms with van der Waals surface area (Å²) in [6.07, 6.45) is -0.0883. The lowest BCUT2D eigenvalue weighted by Gasteiger charge is -2.37. The molecule has 1 aliphatic heterocycles. The highest BCUT2D eigenvalue weighted by Crippen LogP contribution is 2.44. The fourth-order valence-corrected chi connectivity index (χ4v) is 2.75. The first-order valence-corrected chi connectivity index (χ1v) is 7.30. The van der Waals surface area contributed by atoms with Gasteiger partial charge < -0.3 is 19.3 Å². The van der Waals surface area contributed by atoms with Gasteiger partial charge in [0.15, 0.2) is 0 Å². The van der Waals surface area contributed by atoms with Crippen LogP contribution in [0.3, 0.4) is 0 Å². The summed E-state index contributed by atoms with van der Waals surface area (Å²) in [6.45, 7) is 0.613. The van der Waals surface area contributed by atoms with E-state index in [0.717, 1.165) is 22.6 Å². The van der Waals surface area contributed by atoms with E-state index in [0.29, 0.717) is 6.61 Å². The third kappa shape index (κ3) is 3.00. The molecule has 5 nitrogen and oxygen atoms in total. The Kier molecular flexibility index (Phi) is 4.21. The zero-order valence-electron chi connectivity index (χ0n) is 13.0. The first kappa shape index (κ1) is 15.4. The molecule has 0 saturated carbocycles. The number of carbonyl (C=O) groups is 1. The predicted octanol–water partition coefficient (Wildman–Crippen LogP) is 3.26. The quantitative estimate of drug-likeness (QED) is 0.917. The van der Waals surface area contributed by atoms with Crippen LogP contribution >= 0.6 is 0 Å². The molecule has 0 radical (unpaired) electrons. The van der Waals surface area contributed by atoms with Gasteiger partial charge in [-0.25, -0.2) is 4.79 Å². The normalized spacial score (nSPS) is 19.7. The van der Waals surface area contributed by atoms with Crippen molar-refractivity contribution in [3.8, 4) is 11.5 Å². The summed E-state index contributed by atoms with van der Waals surface area (Å²) in [7, 11) is 3.25. The molecule has 3 rings (SSSR count). The third-order valence-electron chi connectivity index (χ3n) is 4.11. The Labute approximate surface area is 134 Å². The van der Waals surface area contributed by atoms with Crippen molar-refractivity contribution in [2.75, 3.05) is 20.8 Å². The maximum Gasteiger partial charge on any atom is 0.335 e. The molecule has 1 aliphatic rings. The van der Waals surface area contributed by atoms with E-state index in [-0.39, 0.29) is 17.6 Å². The molecule has 1 N–H and O–H groups in total. The second-order valence-corrected chi connectivity index (χ2v) is 5.43. The number of benzene rings is 2. The first-order chi connectivity index (χ1) is 11.1. The van der Waals surface area contributed by atoms with Crippen molar-refractivity contribution in [2.45, 2.75) is 12.0 Å². The molecule has 2 aromatic rings. The van der Waals surface area contributed by atoms with Gasteiger partial charge in [0.05, 0.1) is 32.5 Å². The average molecular weight is 314 g/mol. The van der Waals surface area contributed by atoms with Crippen LogP contribution in [-0.2, 0) is 4.74 Å². The minimum absolute atomic E-state index is 0.0883. The molecule has 0 amide bonds. The minimum Gasteiger partial charge on any atom is -0.497 e. The van der Waals surface area contributed by atoms with Gasteiger partial charge in [0, 0.05) is 12.0 Å². The summed E-state index contributed by atoms with van der Waals surface area (Å²) in [4.78, 5) is 10.9. The highest BCUT2D eigenvalue weighted by Gasteiger charge is 2.35. The Hall–Kier alpha value is -2.53. The first-order valence-electron chi connectivity index (χ1n) is 7.30. The summed E-state index contributed by atoms with van der Waals surface area (Å²) in [5.74, 6) is 0.743. The van der Waals surface area contributed by atoms with E-state index in [1.807, 2.05) is 18.2 Å². The second-order valence-electron chi connectivity index (χ2n) is 5.43. The summed E-state index contributed by atoms with van der Waals surface area (Å²) in [6, 6.07) is 12.6. The van der Waals surface area contributed by atoms with E-state index in [2.05, 4.69) is 0 Å². The molecule has 0 aliphatic carbocycles. The Balaban J connectivity index is 1.85. The van der Waals surface area contributed by atoms with Crippen molar-refractivity contribution in [3.05, 3.63) is 59.2 Å². The van der Waals surface area contributed by atoms with Gasteiger partial charge in [0.1, 0.15) is 11.5 Å². The van der Waals surface area contributed by atoms with Crippen molar-refractivity contribution in [3.63, 3.8) is 0 Å². The molecule has 120 valence electrons. The van der Waals surface area contributed by atoms with Crippen LogP contribution in [0.25, 0.3) is 0 Å². The van der Waals surface area contributed by atoms with Crippen LogP contribution in [0.2, 0.25) is 0 Å². The van der Waals surface area contributed by atoms with Crippen LogP contribution in [0, 0.1) is 0 Å². The van der Waals surface area contributed by atoms with Crippen LogP contribution in [0.5, 0.6) is 11.5 Å². The molecular formula is C18H18O5. The Morgan fingerprint density at radius 1 is 1.04 bits per heavy atom. The third-order valence-corrected chi connectivity index (χ3v) is 4.11. The second kappa shape index (κ2) is 6.30.